The Morgan fingerprint density at radius 2 is 1.96 bits per heavy atom. The van der Waals surface area contributed by atoms with Gasteiger partial charge in [-0.05, 0) is 49.6 Å². The van der Waals surface area contributed by atoms with Crippen molar-refractivity contribution in [2.45, 2.75) is 26.3 Å². The molecule has 0 aliphatic heterocycles. The average Bonchev–Trinajstić information content (AvgIpc) is 3.16. The number of benzene rings is 1. The number of ether oxygens (including phenoxy) is 2. The number of furan rings is 1. The number of hydrogen-bond acceptors (Lipinski definition) is 4. The highest BCUT2D eigenvalue weighted by Gasteiger charge is 2.05. The maximum Gasteiger partial charge on any atom is 0.191 e. The first kappa shape index (κ1) is 18.7. The van der Waals surface area contributed by atoms with E-state index in [1.807, 2.05) is 31.2 Å². The van der Waals surface area contributed by atoms with E-state index in [0.29, 0.717) is 6.54 Å². The second kappa shape index (κ2) is 10.3. The van der Waals surface area contributed by atoms with E-state index in [0.717, 1.165) is 49.1 Å². The molecule has 136 valence electrons. The van der Waals surface area contributed by atoms with E-state index >= 15 is 0 Å². The van der Waals surface area contributed by atoms with E-state index in [9.17, 15) is 0 Å². The van der Waals surface area contributed by atoms with Gasteiger partial charge in [-0.3, -0.25) is 0 Å². The van der Waals surface area contributed by atoms with Crippen molar-refractivity contribution in [3.8, 4) is 11.5 Å². The molecule has 0 bridgehead atoms. The second-order valence-electron chi connectivity index (χ2n) is 5.49. The number of aryl methyl sites for hydroxylation is 1. The van der Waals surface area contributed by atoms with Gasteiger partial charge in [0.2, 0.25) is 0 Å². The van der Waals surface area contributed by atoms with Gasteiger partial charge in [-0.25, -0.2) is 4.99 Å². The van der Waals surface area contributed by atoms with Crippen LogP contribution in [0, 0.1) is 0 Å². The maximum atomic E-state index is 5.34. The molecule has 0 spiro atoms. The van der Waals surface area contributed by atoms with Crippen LogP contribution in [-0.4, -0.2) is 33.3 Å². The molecule has 1 heterocycles. The van der Waals surface area contributed by atoms with Crippen LogP contribution in [0.4, 0.5) is 0 Å². The van der Waals surface area contributed by atoms with Crippen LogP contribution < -0.4 is 20.1 Å². The standard InChI is InChI=1S/C19H27N3O3/c1-4-20-19(22-14-16-8-6-12-25-16)21-11-5-7-15-9-10-17(23-2)18(13-15)24-3/h6,8-10,12-13H,4-5,7,11,14H2,1-3H3,(H2,20,21,22). The first-order valence-electron chi connectivity index (χ1n) is 8.52. The molecule has 6 heteroatoms. The highest BCUT2D eigenvalue weighted by atomic mass is 16.5. The van der Waals surface area contributed by atoms with Gasteiger partial charge in [0.1, 0.15) is 12.3 Å². The van der Waals surface area contributed by atoms with Gasteiger partial charge in [-0.2, -0.15) is 0 Å². The Morgan fingerprint density at radius 3 is 2.64 bits per heavy atom. The Balaban J connectivity index is 1.80. The lowest BCUT2D eigenvalue weighted by Crippen LogP contribution is -2.37. The Morgan fingerprint density at radius 1 is 1.12 bits per heavy atom. The van der Waals surface area contributed by atoms with Crippen LogP contribution in [0.25, 0.3) is 0 Å². The number of aliphatic imine (C=N–C) groups is 1. The van der Waals surface area contributed by atoms with Crippen molar-refractivity contribution in [1.29, 1.82) is 0 Å². The number of hydrogen-bond donors (Lipinski definition) is 2. The minimum atomic E-state index is 0.526. The van der Waals surface area contributed by atoms with Crippen LogP contribution in [-0.2, 0) is 13.0 Å². The summed E-state index contributed by atoms with van der Waals surface area (Å²) in [5, 5.41) is 6.58. The molecular weight excluding hydrogens is 318 g/mol. The van der Waals surface area contributed by atoms with Gasteiger partial charge in [-0.15, -0.1) is 0 Å². The van der Waals surface area contributed by atoms with Gasteiger partial charge in [0, 0.05) is 13.1 Å². The summed E-state index contributed by atoms with van der Waals surface area (Å²) < 4.78 is 15.9. The number of methoxy groups -OCH3 is 2. The first-order valence-corrected chi connectivity index (χ1v) is 8.52. The van der Waals surface area contributed by atoms with E-state index < -0.39 is 0 Å². The van der Waals surface area contributed by atoms with E-state index in [1.54, 1.807) is 20.5 Å². The lowest BCUT2D eigenvalue weighted by Gasteiger charge is -2.12. The van der Waals surface area contributed by atoms with Crippen molar-refractivity contribution in [3.63, 3.8) is 0 Å². The summed E-state index contributed by atoms with van der Waals surface area (Å²) in [5.41, 5.74) is 1.22. The fraction of sp³-hybridized carbons (Fsp3) is 0.421. The van der Waals surface area contributed by atoms with E-state index in [1.165, 1.54) is 5.56 Å². The summed E-state index contributed by atoms with van der Waals surface area (Å²) >= 11 is 0. The van der Waals surface area contributed by atoms with Crippen molar-refractivity contribution >= 4 is 5.96 Å². The molecule has 2 rings (SSSR count). The smallest absolute Gasteiger partial charge is 0.191 e. The third kappa shape index (κ3) is 6.06. The van der Waals surface area contributed by atoms with E-state index in [-0.39, 0.29) is 0 Å². The number of guanidine groups is 1. The molecule has 0 unspecified atom stereocenters. The number of rotatable bonds is 9. The van der Waals surface area contributed by atoms with Crippen molar-refractivity contribution in [3.05, 3.63) is 47.9 Å². The molecule has 0 fully saturated rings. The third-order valence-corrected chi connectivity index (χ3v) is 3.70. The van der Waals surface area contributed by atoms with Crippen LogP contribution >= 0.6 is 0 Å². The van der Waals surface area contributed by atoms with Crippen molar-refractivity contribution in [1.82, 2.24) is 10.6 Å². The fourth-order valence-electron chi connectivity index (χ4n) is 2.44. The number of nitrogens with zero attached hydrogens (tertiary/aromatic N) is 1. The minimum Gasteiger partial charge on any atom is -0.493 e. The lowest BCUT2D eigenvalue weighted by molar-refractivity contribution is 0.354. The summed E-state index contributed by atoms with van der Waals surface area (Å²) in [6.07, 6.45) is 3.60. The van der Waals surface area contributed by atoms with E-state index in [4.69, 9.17) is 13.9 Å². The molecule has 0 aliphatic rings. The zero-order chi connectivity index (χ0) is 17.9. The van der Waals surface area contributed by atoms with Crippen molar-refractivity contribution in [2.75, 3.05) is 27.3 Å². The van der Waals surface area contributed by atoms with Gasteiger partial charge in [-0.1, -0.05) is 6.07 Å². The van der Waals surface area contributed by atoms with Crippen molar-refractivity contribution < 1.29 is 13.9 Å². The van der Waals surface area contributed by atoms with Gasteiger partial charge < -0.3 is 24.5 Å². The molecule has 0 saturated carbocycles. The zero-order valence-electron chi connectivity index (χ0n) is 15.2. The molecule has 25 heavy (non-hydrogen) atoms. The van der Waals surface area contributed by atoms with E-state index in [2.05, 4.69) is 21.7 Å². The summed E-state index contributed by atoms with van der Waals surface area (Å²) in [6, 6.07) is 9.82. The molecular formula is C19H27N3O3. The highest BCUT2D eigenvalue weighted by molar-refractivity contribution is 5.79. The van der Waals surface area contributed by atoms with Crippen LogP contribution in [0.3, 0.4) is 0 Å². The Labute approximate surface area is 149 Å². The molecule has 2 N–H and O–H groups in total. The summed E-state index contributed by atoms with van der Waals surface area (Å²) in [6.45, 7) is 4.23. The minimum absolute atomic E-state index is 0.526. The largest absolute Gasteiger partial charge is 0.493 e. The summed E-state index contributed by atoms with van der Waals surface area (Å²) in [5.74, 6) is 3.17. The topological polar surface area (TPSA) is 68.0 Å². The Hall–Kier alpha value is -2.63. The van der Waals surface area contributed by atoms with Gasteiger partial charge in [0.15, 0.2) is 17.5 Å². The number of nitrogens with one attached hydrogen (secondary N) is 2. The van der Waals surface area contributed by atoms with Crippen LogP contribution in [0.5, 0.6) is 11.5 Å². The Bertz CT molecular complexity index is 654. The quantitative estimate of drug-likeness (QED) is 0.415. The molecule has 0 atom stereocenters. The average molecular weight is 345 g/mol. The predicted octanol–water partition coefficient (Wildman–Crippen LogP) is 2.98. The van der Waals surface area contributed by atoms with Crippen LogP contribution in [0.2, 0.25) is 0 Å². The molecule has 6 nitrogen and oxygen atoms in total. The van der Waals surface area contributed by atoms with Crippen molar-refractivity contribution in [2.24, 2.45) is 4.99 Å². The fourth-order valence-corrected chi connectivity index (χ4v) is 2.44. The highest BCUT2D eigenvalue weighted by Crippen LogP contribution is 2.27. The van der Waals surface area contributed by atoms with Crippen LogP contribution in [0.1, 0.15) is 24.7 Å². The third-order valence-electron chi connectivity index (χ3n) is 3.70. The molecule has 0 radical (unpaired) electrons. The molecule has 1 aromatic heterocycles. The Kier molecular flexibility index (Phi) is 7.69. The van der Waals surface area contributed by atoms with Crippen LogP contribution in [0.15, 0.2) is 46.0 Å². The normalized spacial score (nSPS) is 11.2. The SMILES string of the molecule is CCNC(=NCc1ccco1)NCCCc1ccc(OC)c(OC)c1. The lowest BCUT2D eigenvalue weighted by atomic mass is 10.1. The maximum absolute atomic E-state index is 5.34. The molecule has 2 aromatic rings. The van der Waals surface area contributed by atoms with Gasteiger partial charge in [0.05, 0.1) is 20.5 Å². The molecule has 0 saturated heterocycles. The zero-order valence-corrected chi connectivity index (χ0v) is 15.2. The van der Waals surface area contributed by atoms with Gasteiger partial charge in [0.25, 0.3) is 0 Å². The molecule has 0 amide bonds. The summed E-state index contributed by atoms with van der Waals surface area (Å²) in [4.78, 5) is 4.51. The molecule has 1 aromatic carbocycles. The second-order valence-corrected chi connectivity index (χ2v) is 5.49. The molecule has 0 aliphatic carbocycles. The monoisotopic (exact) mass is 345 g/mol. The first-order chi connectivity index (χ1) is 12.3. The summed E-state index contributed by atoms with van der Waals surface area (Å²) in [7, 11) is 3.30. The predicted molar refractivity (Wildman–Crippen MR) is 99.4 cm³/mol. The van der Waals surface area contributed by atoms with Gasteiger partial charge >= 0.3 is 0 Å².